The smallest absolute Gasteiger partial charge is 0.207 e. The van der Waals surface area contributed by atoms with Crippen LogP contribution in [0.15, 0.2) is 125 Å². The van der Waals surface area contributed by atoms with E-state index in [9.17, 15) is 12.8 Å². The molecule has 0 bridgehead atoms. The normalized spacial score (nSPS) is 12.0. The summed E-state index contributed by atoms with van der Waals surface area (Å²) >= 11 is 0. The third kappa shape index (κ3) is 5.58. The number of hydrogen-bond donors (Lipinski definition) is 0. The highest BCUT2D eigenvalue weighted by Gasteiger charge is 2.30. The monoisotopic (exact) mass is 468 g/mol. The van der Waals surface area contributed by atoms with E-state index in [0.717, 1.165) is 15.5 Å². The molecule has 0 aliphatic carbocycles. The molecule has 0 saturated carbocycles. The van der Waals surface area contributed by atoms with Crippen molar-refractivity contribution in [2.24, 2.45) is 5.10 Å². The fourth-order valence-corrected chi connectivity index (χ4v) is 4.56. The summed E-state index contributed by atoms with van der Waals surface area (Å²) in [5.41, 5.74) is 1.94. The second-order valence-corrected chi connectivity index (χ2v) is 9.13. The van der Waals surface area contributed by atoms with E-state index in [0.29, 0.717) is 5.56 Å². The summed E-state index contributed by atoms with van der Waals surface area (Å²) in [4.78, 5) is 0.0776. The highest BCUT2D eigenvalue weighted by Crippen LogP contribution is 2.28. The van der Waals surface area contributed by atoms with Gasteiger partial charge in [-0.3, -0.25) is 0 Å². The van der Waals surface area contributed by atoms with Crippen molar-refractivity contribution in [3.05, 3.63) is 138 Å². The molecule has 4 aromatic carbocycles. The molecule has 0 aliphatic heterocycles. The quantitative estimate of drug-likeness (QED) is 0.209. The van der Waals surface area contributed by atoms with Crippen LogP contribution in [0.3, 0.4) is 0 Å². The SMILES string of the molecule is O=S(=O)(c1ccccc1)N(/N=C/c1ccccc1)C(C#Cc1ccccc1)c1ccc(F)cc1. The molecule has 0 heterocycles. The first-order chi connectivity index (χ1) is 16.5. The third-order valence-corrected chi connectivity index (χ3v) is 6.61. The molecule has 4 nitrogen and oxygen atoms in total. The number of halogens is 1. The maximum Gasteiger partial charge on any atom is 0.280 e. The van der Waals surface area contributed by atoms with Crippen molar-refractivity contribution >= 4 is 16.2 Å². The van der Waals surface area contributed by atoms with Crippen LogP contribution in [0.25, 0.3) is 0 Å². The van der Waals surface area contributed by atoms with Crippen LogP contribution < -0.4 is 0 Å². The highest BCUT2D eigenvalue weighted by molar-refractivity contribution is 7.89. The molecule has 0 aromatic heterocycles. The lowest BCUT2D eigenvalue weighted by Gasteiger charge is -2.25. The Hall–Kier alpha value is -4.21. The minimum atomic E-state index is -4.09. The first-order valence-electron chi connectivity index (χ1n) is 10.5. The van der Waals surface area contributed by atoms with E-state index in [2.05, 4.69) is 16.9 Å². The van der Waals surface area contributed by atoms with Gasteiger partial charge in [0, 0.05) is 5.56 Å². The zero-order chi connectivity index (χ0) is 23.8. The van der Waals surface area contributed by atoms with Crippen molar-refractivity contribution < 1.29 is 12.8 Å². The minimum absolute atomic E-state index is 0.0776. The first-order valence-corrected chi connectivity index (χ1v) is 12.0. The summed E-state index contributed by atoms with van der Waals surface area (Å²) in [6.07, 6.45) is 1.47. The molecule has 34 heavy (non-hydrogen) atoms. The van der Waals surface area contributed by atoms with Crippen LogP contribution in [0.2, 0.25) is 0 Å². The van der Waals surface area contributed by atoms with Gasteiger partial charge in [0.25, 0.3) is 10.0 Å². The van der Waals surface area contributed by atoms with Crippen LogP contribution in [0.4, 0.5) is 4.39 Å². The Kier molecular flexibility index (Phi) is 7.16. The van der Waals surface area contributed by atoms with Crippen LogP contribution in [0.1, 0.15) is 22.7 Å². The average molecular weight is 469 g/mol. The van der Waals surface area contributed by atoms with Gasteiger partial charge in [-0.25, -0.2) is 4.39 Å². The molecule has 0 spiro atoms. The standard InChI is InChI=1S/C28H21FN2O2S/c29-26-19-17-25(18-20-26)28(21-16-23-10-4-1-5-11-23)31(30-22-24-12-6-2-7-13-24)34(32,33)27-14-8-3-9-15-27/h1-15,17-20,22,28H/b30-22+. The molecule has 168 valence electrons. The summed E-state index contributed by atoms with van der Waals surface area (Å²) in [5.74, 6) is 5.65. The summed E-state index contributed by atoms with van der Waals surface area (Å²) in [5, 5.41) is 4.38. The van der Waals surface area contributed by atoms with Gasteiger partial charge in [-0.15, -0.1) is 0 Å². The Bertz CT molecular complexity index is 1410. The van der Waals surface area contributed by atoms with Gasteiger partial charge >= 0.3 is 0 Å². The van der Waals surface area contributed by atoms with E-state index in [-0.39, 0.29) is 4.90 Å². The predicted octanol–water partition coefficient (Wildman–Crippen LogP) is 5.64. The molecule has 6 heteroatoms. The van der Waals surface area contributed by atoms with Gasteiger partial charge in [-0.1, -0.05) is 90.7 Å². The maximum absolute atomic E-state index is 13.7. The predicted molar refractivity (Wildman–Crippen MR) is 132 cm³/mol. The van der Waals surface area contributed by atoms with Crippen molar-refractivity contribution in [3.63, 3.8) is 0 Å². The molecule has 0 fully saturated rings. The summed E-state index contributed by atoms with van der Waals surface area (Å²) in [6.45, 7) is 0. The first kappa shape index (κ1) is 23.0. The van der Waals surface area contributed by atoms with E-state index >= 15 is 0 Å². The molecule has 4 aromatic rings. The average Bonchev–Trinajstić information content (AvgIpc) is 2.88. The van der Waals surface area contributed by atoms with E-state index in [4.69, 9.17) is 0 Å². The number of nitrogens with zero attached hydrogens (tertiary/aromatic N) is 2. The van der Waals surface area contributed by atoms with E-state index in [1.165, 1.54) is 42.6 Å². The van der Waals surface area contributed by atoms with Crippen molar-refractivity contribution in [1.29, 1.82) is 0 Å². The number of rotatable bonds is 6. The molecule has 0 amide bonds. The zero-order valence-electron chi connectivity index (χ0n) is 18.1. The number of hydrogen-bond acceptors (Lipinski definition) is 3. The van der Waals surface area contributed by atoms with Gasteiger partial charge in [0.1, 0.15) is 11.9 Å². The van der Waals surface area contributed by atoms with Crippen LogP contribution in [0, 0.1) is 17.7 Å². The molecule has 0 aliphatic rings. The highest BCUT2D eigenvalue weighted by atomic mass is 32.2. The van der Waals surface area contributed by atoms with Gasteiger partial charge in [-0.2, -0.15) is 17.9 Å². The van der Waals surface area contributed by atoms with Crippen LogP contribution in [-0.4, -0.2) is 19.0 Å². The zero-order valence-corrected chi connectivity index (χ0v) is 18.9. The molecular formula is C28H21FN2O2S. The van der Waals surface area contributed by atoms with Gasteiger partial charge < -0.3 is 0 Å². The van der Waals surface area contributed by atoms with Crippen molar-refractivity contribution in [2.45, 2.75) is 10.9 Å². The molecule has 1 atom stereocenters. The number of benzene rings is 4. The Morgan fingerprint density at radius 3 is 1.94 bits per heavy atom. The van der Waals surface area contributed by atoms with Crippen LogP contribution in [0.5, 0.6) is 0 Å². The van der Waals surface area contributed by atoms with Crippen molar-refractivity contribution in [3.8, 4) is 11.8 Å². The van der Waals surface area contributed by atoms with Crippen molar-refractivity contribution in [1.82, 2.24) is 4.41 Å². The van der Waals surface area contributed by atoms with Gasteiger partial charge in [-0.05, 0) is 47.5 Å². The summed E-state index contributed by atoms with van der Waals surface area (Å²) in [7, 11) is -4.09. The second kappa shape index (κ2) is 10.6. The molecule has 0 N–H and O–H groups in total. The molecule has 1 unspecified atom stereocenters. The minimum Gasteiger partial charge on any atom is -0.207 e. The van der Waals surface area contributed by atoms with Gasteiger partial charge in [0.2, 0.25) is 0 Å². The Morgan fingerprint density at radius 2 is 1.32 bits per heavy atom. The van der Waals surface area contributed by atoms with E-state index < -0.39 is 21.9 Å². The van der Waals surface area contributed by atoms with Crippen LogP contribution in [-0.2, 0) is 10.0 Å². The van der Waals surface area contributed by atoms with Gasteiger partial charge in [0.15, 0.2) is 0 Å². The number of hydrazone groups is 1. The molecular weight excluding hydrogens is 447 g/mol. The fraction of sp³-hybridized carbons (Fsp3) is 0.0357. The lowest BCUT2D eigenvalue weighted by molar-refractivity contribution is 0.394. The Balaban J connectivity index is 1.87. The topological polar surface area (TPSA) is 49.7 Å². The second-order valence-electron chi connectivity index (χ2n) is 7.34. The third-order valence-electron chi connectivity index (χ3n) is 4.94. The molecule has 4 rings (SSSR count). The number of sulfonamides is 1. The lowest BCUT2D eigenvalue weighted by Crippen LogP contribution is -2.30. The Labute approximate surface area is 199 Å². The van der Waals surface area contributed by atoms with Crippen LogP contribution >= 0.6 is 0 Å². The fourth-order valence-electron chi connectivity index (χ4n) is 3.21. The molecule has 0 saturated heterocycles. The van der Waals surface area contributed by atoms with Crippen molar-refractivity contribution in [2.75, 3.05) is 0 Å². The maximum atomic E-state index is 13.7. The Morgan fingerprint density at radius 1 is 0.765 bits per heavy atom. The summed E-state index contributed by atoms with van der Waals surface area (Å²) in [6, 6.07) is 31.1. The van der Waals surface area contributed by atoms with E-state index in [1.807, 2.05) is 60.7 Å². The largest absolute Gasteiger partial charge is 0.280 e. The lowest BCUT2D eigenvalue weighted by atomic mass is 10.1. The van der Waals surface area contributed by atoms with E-state index in [1.54, 1.807) is 18.2 Å². The summed E-state index contributed by atoms with van der Waals surface area (Å²) < 4.78 is 42.1. The van der Waals surface area contributed by atoms with Gasteiger partial charge in [0.05, 0.1) is 11.1 Å². The molecule has 0 radical (unpaired) electrons.